The normalized spacial score (nSPS) is 12.9. The van der Waals surface area contributed by atoms with E-state index in [9.17, 15) is 0 Å². The maximum absolute atomic E-state index is 5.38. The van der Waals surface area contributed by atoms with Crippen molar-refractivity contribution in [3.05, 3.63) is 12.2 Å². The van der Waals surface area contributed by atoms with Gasteiger partial charge in [-0.2, -0.15) is 0 Å². The third kappa shape index (κ3) is 6.29. The molecule has 96 valence electrons. The van der Waals surface area contributed by atoms with Gasteiger partial charge in [0, 0.05) is 19.6 Å². The lowest BCUT2D eigenvalue weighted by atomic mass is 9.79. The van der Waals surface area contributed by atoms with Crippen LogP contribution in [0, 0.1) is 11.3 Å². The van der Waals surface area contributed by atoms with Gasteiger partial charge < -0.3 is 9.47 Å². The molecule has 16 heavy (non-hydrogen) atoms. The van der Waals surface area contributed by atoms with Crippen LogP contribution < -0.4 is 0 Å². The predicted octanol–water partition coefficient (Wildman–Crippen LogP) is 3.67. The lowest BCUT2D eigenvalue weighted by Crippen LogP contribution is -2.31. The molecule has 0 rings (SSSR count). The third-order valence-corrected chi connectivity index (χ3v) is 2.94. The number of methoxy groups -OCH3 is 2. The van der Waals surface area contributed by atoms with Gasteiger partial charge in [-0.3, -0.25) is 0 Å². The number of rotatable bonds is 9. The van der Waals surface area contributed by atoms with Gasteiger partial charge in [0.25, 0.3) is 0 Å². The van der Waals surface area contributed by atoms with Gasteiger partial charge in [0.2, 0.25) is 0 Å². The summed E-state index contributed by atoms with van der Waals surface area (Å²) < 4.78 is 10.8. The summed E-state index contributed by atoms with van der Waals surface area (Å²) in [6.07, 6.45) is 7.76. The largest absolute Gasteiger partial charge is 0.384 e. The fraction of sp³-hybridized carbons (Fsp3) is 0.857. The molecular formula is C14H28O2. The van der Waals surface area contributed by atoms with Gasteiger partial charge in [0.05, 0.1) is 13.2 Å². The Bertz CT molecular complexity index is 179. The monoisotopic (exact) mass is 228 g/mol. The first-order chi connectivity index (χ1) is 7.60. The molecule has 0 atom stereocenters. The molecule has 0 radical (unpaired) electrons. The SMILES string of the molecule is CC=CCC(CCC(C)C)(COC)COC. The second-order valence-electron chi connectivity index (χ2n) is 5.07. The van der Waals surface area contributed by atoms with Gasteiger partial charge >= 0.3 is 0 Å². The lowest BCUT2D eigenvalue weighted by molar-refractivity contribution is 0.00305. The Morgan fingerprint density at radius 2 is 1.69 bits per heavy atom. The molecule has 0 aliphatic heterocycles. The summed E-state index contributed by atoms with van der Waals surface area (Å²) in [7, 11) is 3.55. The molecule has 0 unspecified atom stereocenters. The van der Waals surface area contributed by atoms with Crippen LogP contribution in [0.3, 0.4) is 0 Å². The molecule has 0 fully saturated rings. The van der Waals surface area contributed by atoms with E-state index < -0.39 is 0 Å². The second-order valence-corrected chi connectivity index (χ2v) is 5.07. The standard InChI is InChI=1S/C14H28O2/c1-6-7-9-14(11-15-4,12-16-5)10-8-13(2)3/h6-7,13H,8-12H2,1-5H3. The lowest BCUT2D eigenvalue weighted by Gasteiger charge is -2.32. The van der Waals surface area contributed by atoms with E-state index in [2.05, 4.69) is 32.9 Å². The summed E-state index contributed by atoms with van der Waals surface area (Å²) in [5, 5.41) is 0. The van der Waals surface area contributed by atoms with Gasteiger partial charge in [-0.15, -0.1) is 0 Å². The highest BCUT2D eigenvalue weighted by atomic mass is 16.5. The molecule has 2 nitrogen and oxygen atoms in total. The van der Waals surface area contributed by atoms with Gasteiger partial charge in [0.15, 0.2) is 0 Å². The Morgan fingerprint density at radius 1 is 1.12 bits per heavy atom. The van der Waals surface area contributed by atoms with Gasteiger partial charge in [-0.05, 0) is 25.7 Å². The molecule has 0 aliphatic rings. The van der Waals surface area contributed by atoms with Crippen LogP contribution in [0.4, 0.5) is 0 Å². The van der Waals surface area contributed by atoms with E-state index in [1.807, 2.05) is 0 Å². The summed E-state index contributed by atoms with van der Waals surface area (Å²) in [6, 6.07) is 0. The number of hydrogen-bond acceptors (Lipinski definition) is 2. The van der Waals surface area contributed by atoms with E-state index >= 15 is 0 Å². The van der Waals surface area contributed by atoms with Crippen molar-refractivity contribution in [3.63, 3.8) is 0 Å². The zero-order valence-electron chi connectivity index (χ0n) is 11.6. The minimum Gasteiger partial charge on any atom is -0.384 e. The van der Waals surface area contributed by atoms with Crippen molar-refractivity contribution < 1.29 is 9.47 Å². The highest BCUT2D eigenvalue weighted by Crippen LogP contribution is 2.31. The topological polar surface area (TPSA) is 18.5 Å². The van der Waals surface area contributed by atoms with Crippen LogP contribution >= 0.6 is 0 Å². The molecule has 2 heteroatoms. The quantitative estimate of drug-likeness (QED) is 0.561. The van der Waals surface area contributed by atoms with E-state index in [-0.39, 0.29) is 5.41 Å². The summed E-state index contributed by atoms with van der Waals surface area (Å²) in [5.41, 5.74) is 0.153. The fourth-order valence-corrected chi connectivity index (χ4v) is 1.98. The van der Waals surface area contributed by atoms with Gasteiger partial charge in [0.1, 0.15) is 0 Å². The second kappa shape index (κ2) is 8.77. The van der Waals surface area contributed by atoms with Crippen LogP contribution in [-0.2, 0) is 9.47 Å². The van der Waals surface area contributed by atoms with E-state index in [1.54, 1.807) is 14.2 Å². The van der Waals surface area contributed by atoms with E-state index in [0.717, 1.165) is 32.0 Å². The minimum atomic E-state index is 0.153. The van der Waals surface area contributed by atoms with Gasteiger partial charge in [-0.1, -0.05) is 32.4 Å². The molecule has 0 saturated heterocycles. The Morgan fingerprint density at radius 3 is 2.06 bits per heavy atom. The average Bonchev–Trinajstić information content (AvgIpc) is 2.24. The third-order valence-electron chi connectivity index (χ3n) is 2.94. The molecule has 0 aromatic carbocycles. The highest BCUT2D eigenvalue weighted by molar-refractivity contribution is 4.90. The van der Waals surface area contributed by atoms with Crippen LogP contribution in [0.5, 0.6) is 0 Å². The molecule has 0 saturated carbocycles. The van der Waals surface area contributed by atoms with Crippen LogP contribution in [-0.4, -0.2) is 27.4 Å². The first-order valence-electron chi connectivity index (χ1n) is 6.19. The maximum atomic E-state index is 5.38. The van der Waals surface area contributed by atoms with E-state index in [0.29, 0.717) is 0 Å². The van der Waals surface area contributed by atoms with Crippen molar-refractivity contribution >= 4 is 0 Å². The van der Waals surface area contributed by atoms with Crippen molar-refractivity contribution in [3.8, 4) is 0 Å². The number of hydrogen-bond donors (Lipinski definition) is 0. The fourth-order valence-electron chi connectivity index (χ4n) is 1.98. The van der Waals surface area contributed by atoms with Crippen molar-refractivity contribution in [1.29, 1.82) is 0 Å². The zero-order chi connectivity index (χ0) is 12.4. The number of allylic oxidation sites excluding steroid dienone is 2. The minimum absolute atomic E-state index is 0.153. The molecule has 0 aromatic heterocycles. The predicted molar refractivity (Wildman–Crippen MR) is 69.7 cm³/mol. The van der Waals surface area contributed by atoms with Crippen molar-refractivity contribution in [2.45, 2.75) is 40.0 Å². The van der Waals surface area contributed by atoms with Crippen molar-refractivity contribution in [1.82, 2.24) is 0 Å². The molecule has 0 aliphatic carbocycles. The first-order valence-corrected chi connectivity index (χ1v) is 6.19. The molecular weight excluding hydrogens is 200 g/mol. The number of ether oxygens (including phenoxy) is 2. The van der Waals surface area contributed by atoms with Gasteiger partial charge in [-0.25, -0.2) is 0 Å². The molecule has 0 amide bonds. The molecule has 0 bridgehead atoms. The van der Waals surface area contributed by atoms with Crippen LogP contribution in [0.25, 0.3) is 0 Å². The zero-order valence-corrected chi connectivity index (χ0v) is 11.6. The Labute approximate surface area is 101 Å². The molecule has 0 N–H and O–H groups in total. The summed E-state index contributed by atoms with van der Waals surface area (Å²) in [5.74, 6) is 0.735. The van der Waals surface area contributed by atoms with Crippen molar-refractivity contribution in [2.75, 3.05) is 27.4 Å². The summed E-state index contributed by atoms with van der Waals surface area (Å²) >= 11 is 0. The van der Waals surface area contributed by atoms with Crippen LogP contribution in [0.2, 0.25) is 0 Å². The average molecular weight is 228 g/mol. The molecule has 0 spiro atoms. The Kier molecular flexibility index (Phi) is 8.58. The highest BCUT2D eigenvalue weighted by Gasteiger charge is 2.29. The van der Waals surface area contributed by atoms with E-state index in [1.165, 1.54) is 6.42 Å². The van der Waals surface area contributed by atoms with Crippen LogP contribution in [0.15, 0.2) is 12.2 Å². The smallest absolute Gasteiger partial charge is 0.0543 e. The van der Waals surface area contributed by atoms with Crippen molar-refractivity contribution in [2.24, 2.45) is 11.3 Å². The Balaban J connectivity index is 4.48. The Hall–Kier alpha value is -0.340. The summed E-state index contributed by atoms with van der Waals surface area (Å²) in [4.78, 5) is 0. The summed E-state index contributed by atoms with van der Waals surface area (Å²) in [6.45, 7) is 8.14. The molecule has 0 aromatic rings. The van der Waals surface area contributed by atoms with E-state index in [4.69, 9.17) is 9.47 Å². The first kappa shape index (κ1) is 15.7. The van der Waals surface area contributed by atoms with Crippen LogP contribution in [0.1, 0.15) is 40.0 Å². The maximum Gasteiger partial charge on any atom is 0.0543 e. The molecule has 0 heterocycles.